The van der Waals surface area contributed by atoms with Crippen LogP contribution in [0.25, 0.3) is 11.4 Å². The summed E-state index contributed by atoms with van der Waals surface area (Å²) in [7, 11) is 0. The zero-order chi connectivity index (χ0) is 17.2. The van der Waals surface area contributed by atoms with Crippen molar-refractivity contribution in [2.24, 2.45) is 0 Å². The number of nitrogens with one attached hydrogen (secondary N) is 1. The fourth-order valence-corrected chi connectivity index (χ4v) is 3.71. The first kappa shape index (κ1) is 16.1. The molecule has 1 aromatic carbocycles. The molecule has 2 aromatic rings. The van der Waals surface area contributed by atoms with Crippen molar-refractivity contribution in [3.05, 3.63) is 35.7 Å². The van der Waals surface area contributed by atoms with Gasteiger partial charge in [-0.25, -0.2) is 4.79 Å². The smallest absolute Gasteiger partial charge is 0.317 e. The highest BCUT2D eigenvalue weighted by Crippen LogP contribution is 2.22. The Morgan fingerprint density at radius 1 is 1.32 bits per heavy atom. The van der Waals surface area contributed by atoms with Gasteiger partial charge in [0, 0.05) is 31.2 Å². The van der Waals surface area contributed by atoms with Gasteiger partial charge in [-0.2, -0.15) is 4.98 Å². The number of carbonyl (C=O) groups is 1. The molecule has 25 heavy (non-hydrogen) atoms. The van der Waals surface area contributed by atoms with Gasteiger partial charge in [-0.1, -0.05) is 29.4 Å². The van der Waals surface area contributed by atoms with Gasteiger partial charge in [0.25, 0.3) is 0 Å². The highest BCUT2D eigenvalue weighted by molar-refractivity contribution is 5.76. The minimum absolute atomic E-state index is 0.0616. The summed E-state index contributed by atoms with van der Waals surface area (Å²) < 4.78 is 5.46. The predicted octanol–water partition coefficient (Wildman–Crippen LogP) is 2.03. The lowest BCUT2D eigenvalue weighted by Crippen LogP contribution is -2.48. The monoisotopic (exact) mass is 341 g/mol. The molecule has 2 aliphatic rings. The SMILES string of the molecule is Cc1ccccc1-c1noc(CN2CCCC(N3CCNC3=O)C2)n1. The zero-order valence-corrected chi connectivity index (χ0v) is 14.4. The summed E-state index contributed by atoms with van der Waals surface area (Å²) in [6, 6.07) is 8.37. The molecule has 0 bridgehead atoms. The summed E-state index contributed by atoms with van der Waals surface area (Å²) in [5.74, 6) is 1.27. The summed E-state index contributed by atoms with van der Waals surface area (Å²) in [5, 5.41) is 7.02. The van der Waals surface area contributed by atoms with Crippen molar-refractivity contribution in [2.75, 3.05) is 26.2 Å². The third kappa shape index (κ3) is 3.37. The van der Waals surface area contributed by atoms with Crippen LogP contribution in [-0.4, -0.2) is 58.2 Å². The Bertz CT molecular complexity index is 759. The van der Waals surface area contributed by atoms with E-state index in [0.717, 1.165) is 50.1 Å². The number of hydrogen-bond donors (Lipinski definition) is 1. The number of aromatic nitrogens is 2. The maximum absolute atomic E-state index is 11.9. The highest BCUT2D eigenvalue weighted by Gasteiger charge is 2.31. The van der Waals surface area contributed by atoms with Gasteiger partial charge >= 0.3 is 6.03 Å². The Kier molecular flexibility index (Phi) is 4.40. The number of aryl methyl sites for hydroxylation is 1. The largest absolute Gasteiger partial charge is 0.338 e. The number of urea groups is 1. The molecule has 2 fully saturated rings. The Labute approximate surface area is 147 Å². The second-order valence-corrected chi connectivity index (χ2v) is 6.78. The lowest BCUT2D eigenvalue weighted by atomic mass is 10.0. The molecule has 2 saturated heterocycles. The average Bonchev–Trinajstić information content (AvgIpc) is 3.25. The molecule has 0 radical (unpaired) electrons. The van der Waals surface area contributed by atoms with Crippen molar-refractivity contribution >= 4 is 6.03 Å². The fraction of sp³-hybridized carbons (Fsp3) is 0.500. The molecule has 7 heteroatoms. The van der Waals surface area contributed by atoms with Crippen LogP contribution in [0.4, 0.5) is 4.79 Å². The first-order chi connectivity index (χ1) is 12.2. The second-order valence-electron chi connectivity index (χ2n) is 6.78. The van der Waals surface area contributed by atoms with E-state index < -0.39 is 0 Å². The minimum Gasteiger partial charge on any atom is -0.338 e. The molecule has 1 unspecified atom stereocenters. The van der Waals surface area contributed by atoms with Crippen LogP contribution in [0.1, 0.15) is 24.3 Å². The lowest BCUT2D eigenvalue weighted by molar-refractivity contribution is 0.113. The van der Waals surface area contributed by atoms with E-state index in [1.165, 1.54) is 0 Å². The summed E-state index contributed by atoms with van der Waals surface area (Å²) in [6.07, 6.45) is 2.13. The molecule has 2 amide bonds. The van der Waals surface area contributed by atoms with Crippen LogP contribution in [0.2, 0.25) is 0 Å². The molecule has 2 aliphatic heterocycles. The first-order valence-corrected chi connectivity index (χ1v) is 8.86. The Morgan fingerprint density at radius 2 is 2.20 bits per heavy atom. The van der Waals surface area contributed by atoms with Crippen molar-refractivity contribution in [2.45, 2.75) is 32.4 Å². The van der Waals surface area contributed by atoms with Crippen molar-refractivity contribution in [3.63, 3.8) is 0 Å². The molecule has 1 aromatic heterocycles. The lowest BCUT2D eigenvalue weighted by Gasteiger charge is -2.36. The number of benzene rings is 1. The molecule has 3 heterocycles. The Morgan fingerprint density at radius 3 is 3.00 bits per heavy atom. The van der Waals surface area contributed by atoms with Gasteiger partial charge in [0.15, 0.2) is 0 Å². The highest BCUT2D eigenvalue weighted by atomic mass is 16.5. The van der Waals surface area contributed by atoms with Gasteiger partial charge in [0.05, 0.1) is 6.54 Å². The zero-order valence-electron chi connectivity index (χ0n) is 14.4. The van der Waals surface area contributed by atoms with E-state index in [1.54, 1.807) is 0 Å². The quantitative estimate of drug-likeness (QED) is 0.921. The number of rotatable bonds is 4. The number of nitrogens with zero attached hydrogens (tertiary/aromatic N) is 4. The maximum Gasteiger partial charge on any atom is 0.317 e. The number of hydrogen-bond acceptors (Lipinski definition) is 5. The van der Waals surface area contributed by atoms with E-state index in [1.807, 2.05) is 36.1 Å². The molecule has 1 atom stereocenters. The van der Waals surface area contributed by atoms with E-state index in [0.29, 0.717) is 18.3 Å². The van der Waals surface area contributed by atoms with Gasteiger partial charge in [0.1, 0.15) is 0 Å². The van der Waals surface area contributed by atoms with Crippen LogP contribution in [0, 0.1) is 6.92 Å². The average molecular weight is 341 g/mol. The van der Waals surface area contributed by atoms with E-state index in [4.69, 9.17) is 4.52 Å². The van der Waals surface area contributed by atoms with E-state index in [2.05, 4.69) is 20.4 Å². The van der Waals surface area contributed by atoms with Crippen LogP contribution in [-0.2, 0) is 6.54 Å². The number of piperidine rings is 1. The van der Waals surface area contributed by atoms with Crippen molar-refractivity contribution in [1.82, 2.24) is 25.3 Å². The molecule has 0 spiro atoms. The normalized spacial score (nSPS) is 21.6. The van der Waals surface area contributed by atoms with Gasteiger partial charge < -0.3 is 14.7 Å². The van der Waals surface area contributed by atoms with Gasteiger partial charge in [-0.3, -0.25) is 4.90 Å². The number of likely N-dealkylation sites (tertiary alicyclic amines) is 1. The summed E-state index contributed by atoms with van der Waals surface area (Å²) in [4.78, 5) is 20.7. The van der Waals surface area contributed by atoms with Gasteiger partial charge in [0.2, 0.25) is 11.7 Å². The maximum atomic E-state index is 11.9. The molecule has 132 valence electrons. The summed E-state index contributed by atoms with van der Waals surface area (Å²) in [6.45, 7) is 6.07. The number of amides is 2. The molecular formula is C18H23N5O2. The van der Waals surface area contributed by atoms with Crippen LogP contribution in [0.3, 0.4) is 0 Å². The van der Waals surface area contributed by atoms with Crippen molar-refractivity contribution < 1.29 is 9.32 Å². The molecular weight excluding hydrogens is 318 g/mol. The number of carbonyl (C=O) groups excluding carboxylic acids is 1. The third-order valence-corrected chi connectivity index (χ3v) is 5.02. The van der Waals surface area contributed by atoms with Gasteiger partial charge in [-0.15, -0.1) is 0 Å². The molecule has 4 rings (SSSR count). The molecule has 0 saturated carbocycles. The fourth-order valence-electron chi connectivity index (χ4n) is 3.71. The standard InChI is InChI=1S/C18H23N5O2/c1-13-5-2-3-7-15(13)17-20-16(25-21-17)12-22-9-4-6-14(11-22)23-10-8-19-18(23)24/h2-3,5,7,14H,4,6,8-12H2,1H3,(H,19,24). The summed E-state index contributed by atoms with van der Waals surface area (Å²) >= 11 is 0. The predicted molar refractivity (Wildman–Crippen MR) is 92.9 cm³/mol. The second kappa shape index (κ2) is 6.84. The topological polar surface area (TPSA) is 74.5 Å². The Hall–Kier alpha value is -2.41. The molecule has 7 nitrogen and oxygen atoms in total. The first-order valence-electron chi connectivity index (χ1n) is 8.86. The van der Waals surface area contributed by atoms with Crippen molar-refractivity contribution in [1.29, 1.82) is 0 Å². The van der Waals surface area contributed by atoms with Crippen molar-refractivity contribution in [3.8, 4) is 11.4 Å². The van der Waals surface area contributed by atoms with Crippen LogP contribution < -0.4 is 5.32 Å². The van der Waals surface area contributed by atoms with Crippen LogP contribution >= 0.6 is 0 Å². The third-order valence-electron chi connectivity index (χ3n) is 5.02. The Balaban J connectivity index is 1.42. The van der Waals surface area contributed by atoms with Crippen LogP contribution in [0.15, 0.2) is 28.8 Å². The van der Waals surface area contributed by atoms with E-state index in [9.17, 15) is 4.79 Å². The summed E-state index contributed by atoms with van der Waals surface area (Å²) in [5.41, 5.74) is 2.13. The van der Waals surface area contributed by atoms with E-state index in [-0.39, 0.29) is 12.1 Å². The van der Waals surface area contributed by atoms with E-state index >= 15 is 0 Å². The van der Waals surface area contributed by atoms with Gasteiger partial charge in [-0.05, 0) is 31.9 Å². The van der Waals surface area contributed by atoms with Crippen LogP contribution in [0.5, 0.6) is 0 Å². The molecule has 0 aliphatic carbocycles. The minimum atomic E-state index is 0.0616. The molecule has 1 N–H and O–H groups in total.